The quantitative estimate of drug-likeness (QED) is 0.148. The molecule has 4 aromatic heterocycles. The van der Waals surface area contributed by atoms with E-state index in [2.05, 4.69) is 40.5 Å². The lowest BCUT2D eigenvalue weighted by molar-refractivity contribution is -0.0299. The summed E-state index contributed by atoms with van der Waals surface area (Å²) in [6, 6.07) is 17.7. The van der Waals surface area contributed by atoms with Gasteiger partial charge in [-0.15, -0.1) is 0 Å². The Balaban J connectivity index is 0.000000167. The van der Waals surface area contributed by atoms with Crippen LogP contribution < -0.4 is 25.8 Å². The summed E-state index contributed by atoms with van der Waals surface area (Å²) < 4.78 is 26.0. The van der Waals surface area contributed by atoms with Crippen molar-refractivity contribution in [2.45, 2.75) is 70.6 Å². The fourth-order valence-electron chi connectivity index (χ4n) is 6.43. The Bertz CT molecular complexity index is 2190. The number of imidazole rings is 2. The van der Waals surface area contributed by atoms with Gasteiger partial charge >= 0.3 is 0 Å². The zero-order chi connectivity index (χ0) is 37.3. The van der Waals surface area contributed by atoms with Crippen molar-refractivity contribution in [3.8, 4) is 17.6 Å². The molecule has 6 heterocycles. The highest BCUT2D eigenvalue weighted by Gasteiger charge is 2.23. The van der Waals surface area contributed by atoms with Crippen LogP contribution in [0.1, 0.15) is 73.8 Å². The third-order valence-electron chi connectivity index (χ3n) is 9.34. The number of ether oxygens (including phenoxy) is 4. The Morgan fingerprint density at radius 2 is 1.22 bits per heavy atom. The standard InChI is InChI=1S/C19H24N6O2.C19H20N6O2/c2*1-26-14-7-5-13(6-8-14)11-21-18-17-19(24-15(10-20)23-18)25(12-22-17)16-4-2-3-9-27-16/h5-8,12,16H,2-4,9-11,20H2,1H3,(H,21,23,24);5-8,12,16H,2-4,9,11H2,1H3,(H,21,23,24). The minimum Gasteiger partial charge on any atom is -0.497 e. The van der Waals surface area contributed by atoms with Crippen LogP contribution in [0.25, 0.3) is 22.3 Å². The van der Waals surface area contributed by atoms with Gasteiger partial charge in [-0.05, 0) is 73.9 Å². The molecular weight excluding hydrogens is 688 g/mol. The molecule has 0 radical (unpaired) electrons. The molecule has 16 nitrogen and oxygen atoms in total. The first-order chi connectivity index (χ1) is 26.6. The molecule has 0 saturated carbocycles. The summed E-state index contributed by atoms with van der Waals surface area (Å²) in [5, 5.41) is 16.0. The first kappa shape index (κ1) is 36.5. The maximum absolute atomic E-state index is 9.33. The van der Waals surface area contributed by atoms with Crippen LogP contribution in [0.15, 0.2) is 61.2 Å². The topological polar surface area (TPSA) is 198 Å². The molecule has 0 spiro atoms. The van der Waals surface area contributed by atoms with Crippen molar-refractivity contribution < 1.29 is 18.9 Å². The lowest BCUT2D eigenvalue weighted by Crippen LogP contribution is -2.18. The lowest BCUT2D eigenvalue weighted by Gasteiger charge is -2.23. The first-order valence-corrected chi connectivity index (χ1v) is 18.1. The molecule has 0 amide bonds. The van der Waals surface area contributed by atoms with E-state index in [9.17, 15) is 5.26 Å². The van der Waals surface area contributed by atoms with Gasteiger partial charge in [0.15, 0.2) is 34.0 Å². The van der Waals surface area contributed by atoms with E-state index in [-0.39, 0.29) is 24.8 Å². The van der Waals surface area contributed by atoms with Gasteiger partial charge in [0, 0.05) is 26.3 Å². The molecule has 280 valence electrons. The van der Waals surface area contributed by atoms with Crippen LogP contribution in [0.3, 0.4) is 0 Å². The third-order valence-corrected chi connectivity index (χ3v) is 9.34. The SMILES string of the molecule is COc1ccc(CNc2nc(C#N)nc3c2ncn3C2CCCCO2)cc1.COc1ccc(CNc2nc(CN)nc3c2ncn3C2CCCCO2)cc1. The van der Waals surface area contributed by atoms with E-state index in [1.165, 1.54) is 0 Å². The zero-order valence-corrected chi connectivity index (χ0v) is 30.4. The molecule has 2 aromatic carbocycles. The van der Waals surface area contributed by atoms with Crippen LogP contribution in [0.4, 0.5) is 11.6 Å². The molecule has 2 atom stereocenters. The largest absolute Gasteiger partial charge is 0.497 e. The number of methoxy groups -OCH3 is 2. The average molecular weight is 733 g/mol. The van der Waals surface area contributed by atoms with E-state index < -0.39 is 0 Å². The number of hydrogen-bond acceptors (Lipinski definition) is 14. The number of anilines is 2. The van der Waals surface area contributed by atoms with Crippen LogP contribution >= 0.6 is 0 Å². The second kappa shape index (κ2) is 17.3. The lowest BCUT2D eigenvalue weighted by atomic mass is 10.2. The van der Waals surface area contributed by atoms with E-state index in [1.807, 2.05) is 63.7 Å². The van der Waals surface area contributed by atoms with Crippen molar-refractivity contribution in [1.82, 2.24) is 39.0 Å². The van der Waals surface area contributed by atoms with Gasteiger partial charge in [0.05, 0.1) is 33.4 Å². The smallest absolute Gasteiger partial charge is 0.236 e. The Hall–Kier alpha value is -5.89. The number of fused-ring (bicyclic) bond motifs is 2. The summed E-state index contributed by atoms with van der Waals surface area (Å²) in [6.45, 7) is 2.93. The predicted molar refractivity (Wildman–Crippen MR) is 202 cm³/mol. The Kier molecular flexibility index (Phi) is 11.7. The van der Waals surface area contributed by atoms with Gasteiger partial charge in [0.25, 0.3) is 0 Å². The molecule has 2 aliphatic heterocycles. The van der Waals surface area contributed by atoms with E-state index >= 15 is 0 Å². The number of nitrogens with two attached hydrogens (primary N) is 1. The number of nitriles is 1. The van der Waals surface area contributed by atoms with E-state index in [1.54, 1.807) is 26.9 Å². The highest BCUT2D eigenvalue weighted by atomic mass is 16.5. The Morgan fingerprint density at radius 3 is 1.67 bits per heavy atom. The van der Waals surface area contributed by atoms with Crippen molar-refractivity contribution in [2.75, 3.05) is 38.1 Å². The van der Waals surface area contributed by atoms with Crippen molar-refractivity contribution in [2.24, 2.45) is 5.73 Å². The fourth-order valence-corrected chi connectivity index (χ4v) is 6.43. The van der Waals surface area contributed by atoms with Gasteiger partial charge in [-0.25, -0.2) is 19.9 Å². The van der Waals surface area contributed by atoms with Crippen molar-refractivity contribution >= 4 is 34.0 Å². The predicted octanol–water partition coefficient (Wildman–Crippen LogP) is 5.62. The van der Waals surface area contributed by atoms with Crippen LogP contribution in [0.2, 0.25) is 0 Å². The molecule has 2 saturated heterocycles. The van der Waals surface area contributed by atoms with Gasteiger partial charge in [0.2, 0.25) is 5.82 Å². The molecule has 8 rings (SSSR count). The van der Waals surface area contributed by atoms with Gasteiger partial charge < -0.3 is 35.3 Å². The molecule has 2 aliphatic rings. The molecule has 16 heteroatoms. The van der Waals surface area contributed by atoms with Crippen molar-refractivity contribution in [1.29, 1.82) is 5.26 Å². The molecule has 2 unspecified atom stereocenters. The number of nitrogens with one attached hydrogen (secondary N) is 2. The van der Waals surface area contributed by atoms with Crippen LogP contribution in [0.5, 0.6) is 11.5 Å². The maximum Gasteiger partial charge on any atom is 0.236 e. The summed E-state index contributed by atoms with van der Waals surface area (Å²) >= 11 is 0. The van der Waals surface area contributed by atoms with E-state index in [4.69, 9.17) is 24.7 Å². The molecule has 6 aromatic rings. The summed E-state index contributed by atoms with van der Waals surface area (Å²) in [4.78, 5) is 26.8. The van der Waals surface area contributed by atoms with Gasteiger partial charge in [-0.1, -0.05) is 24.3 Å². The monoisotopic (exact) mass is 732 g/mol. The van der Waals surface area contributed by atoms with Crippen molar-refractivity contribution in [3.63, 3.8) is 0 Å². The number of benzene rings is 2. The van der Waals surface area contributed by atoms with Gasteiger partial charge in [-0.3, -0.25) is 9.13 Å². The molecule has 0 bridgehead atoms. The summed E-state index contributed by atoms with van der Waals surface area (Å²) in [5.41, 5.74) is 10.7. The highest BCUT2D eigenvalue weighted by Crippen LogP contribution is 2.30. The van der Waals surface area contributed by atoms with E-state index in [0.29, 0.717) is 41.7 Å². The zero-order valence-electron chi connectivity index (χ0n) is 30.4. The number of hydrogen-bond donors (Lipinski definition) is 3. The number of aromatic nitrogens is 8. The molecular formula is C38H44N12O4. The molecule has 0 aliphatic carbocycles. The third kappa shape index (κ3) is 8.33. The van der Waals surface area contributed by atoms with Crippen LogP contribution in [-0.2, 0) is 29.1 Å². The second-order valence-corrected chi connectivity index (χ2v) is 12.9. The van der Waals surface area contributed by atoms with Crippen LogP contribution in [-0.4, -0.2) is 66.5 Å². The second-order valence-electron chi connectivity index (χ2n) is 12.9. The summed E-state index contributed by atoms with van der Waals surface area (Å²) in [7, 11) is 3.30. The number of rotatable bonds is 11. The summed E-state index contributed by atoms with van der Waals surface area (Å²) in [6.07, 6.45) is 9.65. The average Bonchev–Trinajstić information content (AvgIpc) is 3.88. The van der Waals surface area contributed by atoms with E-state index in [0.717, 1.165) is 85.5 Å². The van der Waals surface area contributed by atoms with Gasteiger partial charge in [-0.2, -0.15) is 15.2 Å². The maximum atomic E-state index is 9.33. The first-order valence-electron chi connectivity index (χ1n) is 18.1. The number of nitrogens with zero attached hydrogens (tertiary/aromatic N) is 9. The van der Waals surface area contributed by atoms with Crippen molar-refractivity contribution in [3.05, 3.63) is 84.0 Å². The van der Waals surface area contributed by atoms with Crippen LogP contribution in [0, 0.1) is 11.3 Å². The molecule has 4 N–H and O–H groups in total. The highest BCUT2D eigenvalue weighted by molar-refractivity contribution is 5.84. The Morgan fingerprint density at radius 1 is 0.722 bits per heavy atom. The molecule has 2 fully saturated rings. The molecule has 54 heavy (non-hydrogen) atoms. The van der Waals surface area contributed by atoms with Gasteiger partial charge in [0.1, 0.15) is 35.8 Å². The minimum atomic E-state index is -0.0976. The minimum absolute atomic E-state index is 0.0290. The summed E-state index contributed by atoms with van der Waals surface area (Å²) in [5.74, 6) is 3.56. The Labute approximate surface area is 312 Å². The normalized spacial score (nSPS) is 17.0. The fraction of sp³-hybridized carbons (Fsp3) is 0.395.